The van der Waals surface area contributed by atoms with Crippen LogP contribution in [-0.2, 0) is 4.79 Å². The third-order valence-corrected chi connectivity index (χ3v) is 2.15. The van der Waals surface area contributed by atoms with Crippen LogP contribution < -0.4 is 0 Å². The molecule has 1 N–H and O–H groups in total. The van der Waals surface area contributed by atoms with Crippen LogP contribution in [0.1, 0.15) is 20.8 Å². The van der Waals surface area contributed by atoms with Gasteiger partial charge in [0.15, 0.2) is 0 Å². The number of rotatable bonds is 0. The van der Waals surface area contributed by atoms with Crippen LogP contribution in [0.25, 0.3) is 0 Å². The SMILES string of the molecule is CC(C)(C)C(=O)N1CC(F)[C@H](O)C1. The zero-order chi connectivity index (χ0) is 10.2. The van der Waals surface area contributed by atoms with E-state index in [2.05, 4.69) is 0 Å². The van der Waals surface area contributed by atoms with Crippen molar-refractivity contribution in [1.82, 2.24) is 4.90 Å². The van der Waals surface area contributed by atoms with Crippen LogP contribution in [0.4, 0.5) is 4.39 Å². The minimum absolute atomic E-state index is 0.0251. The number of aliphatic hydroxyl groups excluding tert-OH is 1. The summed E-state index contributed by atoms with van der Waals surface area (Å²) >= 11 is 0. The molecule has 1 fully saturated rings. The van der Waals surface area contributed by atoms with E-state index in [0.717, 1.165) is 0 Å². The van der Waals surface area contributed by atoms with Gasteiger partial charge in [-0.05, 0) is 0 Å². The molecule has 3 nitrogen and oxygen atoms in total. The fourth-order valence-electron chi connectivity index (χ4n) is 1.39. The fraction of sp³-hybridized carbons (Fsp3) is 0.889. The summed E-state index contributed by atoms with van der Waals surface area (Å²) in [4.78, 5) is 13.0. The zero-order valence-corrected chi connectivity index (χ0v) is 8.25. The van der Waals surface area contributed by atoms with Gasteiger partial charge in [0.2, 0.25) is 5.91 Å². The van der Waals surface area contributed by atoms with Gasteiger partial charge >= 0.3 is 0 Å². The highest BCUT2D eigenvalue weighted by Gasteiger charge is 2.37. The minimum Gasteiger partial charge on any atom is -0.388 e. The number of halogens is 1. The Kier molecular flexibility index (Phi) is 2.61. The lowest BCUT2D eigenvalue weighted by Gasteiger charge is -2.24. The number of carbonyl (C=O) groups is 1. The van der Waals surface area contributed by atoms with Crippen LogP contribution in [0, 0.1) is 5.41 Å². The molecule has 13 heavy (non-hydrogen) atoms. The molecular weight excluding hydrogens is 173 g/mol. The van der Waals surface area contributed by atoms with Gasteiger partial charge in [-0.2, -0.15) is 0 Å². The third kappa shape index (κ3) is 2.18. The number of aliphatic hydroxyl groups is 1. The molecule has 0 radical (unpaired) electrons. The molecule has 4 heteroatoms. The van der Waals surface area contributed by atoms with Crippen molar-refractivity contribution < 1.29 is 14.3 Å². The number of likely N-dealkylation sites (tertiary alicyclic amines) is 1. The Hall–Kier alpha value is -0.640. The van der Waals surface area contributed by atoms with Crippen LogP contribution in [0.15, 0.2) is 0 Å². The van der Waals surface area contributed by atoms with Gasteiger partial charge in [0, 0.05) is 12.0 Å². The summed E-state index contributed by atoms with van der Waals surface area (Å²) in [5.74, 6) is -0.105. The van der Waals surface area contributed by atoms with E-state index in [1.807, 2.05) is 0 Å². The largest absolute Gasteiger partial charge is 0.388 e. The summed E-state index contributed by atoms with van der Waals surface area (Å²) < 4.78 is 12.9. The average Bonchev–Trinajstić information content (AvgIpc) is 2.29. The molecule has 1 saturated heterocycles. The molecule has 1 heterocycles. The first-order valence-corrected chi connectivity index (χ1v) is 4.44. The number of alkyl halides is 1. The number of carbonyl (C=O) groups excluding carboxylic acids is 1. The van der Waals surface area contributed by atoms with Crippen LogP contribution in [0.5, 0.6) is 0 Å². The lowest BCUT2D eigenvalue weighted by molar-refractivity contribution is -0.138. The van der Waals surface area contributed by atoms with Crippen molar-refractivity contribution in [2.24, 2.45) is 5.41 Å². The van der Waals surface area contributed by atoms with E-state index in [1.54, 1.807) is 20.8 Å². The van der Waals surface area contributed by atoms with Crippen molar-refractivity contribution in [3.63, 3.8) is 0 Å². The number of β-amino-alcohol motifs (C(OH)–C–C–N with tert-alkyl or cyclic N) is 1. The molecule has 2 atom stereocenters. The molecule has 1 aliphatic rings. The Morgan fingerprint density at radius 1 is 1.46 bits per heavy atom. The van der Waals surface area contributed by atoms with Gasteiger partial charge in [-0.15, -0.1) is 0 Å². The summed E-state index contributed by atoms with van der Waals surface area (Å²) in [6.07, 6.45) is -2.29. The van der Waals surface area contributed by atoms with E-state index in [1.165, 1.54) is 4.90 Å². The maximum atomic E-state index is 12.9. The van der Waals surface area contributed by atoms with E-state index >= 15 is 0 Å². The standard InChI is InChI=1S/C9H16FNO2/c1-9(2,3)8(13)11-4-6(10)7(12)5-11/h6-7,12H,4-5H2,1-3H3/t6?,7-/m1/s1. The first-order valence-electron chi connectivity index (χ1n) is 4.44. The zero-order valence-electron chi connectivity index (χ0n) is 8.25. The van der Waals surface area contributed by atoms with Gasteiger partial charge in [0.25, 0.3) is 0 Å². The normalized spacial score (nSPS) is 29.5. The maximum Gasteiger partial charge on any atom is 0.228 e. The summed E-state index contributed by atoms with van der Waals surface area (Å²) in [6, 6.07) is 0. The molecule has 1 aliphatic heterocycles. The minimum atomic E-state index is -1.29. The van der Waals surface area contributed by atoms with Crippen molar-refractivity contribution in [2.75, 3.05) is 13.1 Å². The third-order valence-electron chi connectivity index (χ3n) is 2.15. The average molecular weight is 189 g/mol. The second-order valence-corrected chi connectivity index (χ2v) is 4.54. The Labute approximate surface area is 77.5 Å². The molecule has 1 amide bonds. The predicted molar refractivity (Wildman–Crippen MR) is 46.9 cm³/mol. The Balaban J connectivity index is 2.61. The molecule has 0 aromatic rings. The van der Waals surface area contributed by atoms with E-state index < -0.39 is 17.7 Å². The van der Waals surface area contributed by atoms with Gasteiger partial charge in [0.1, 0.15) is 12.3 Å². The number of hydrogen-bond acceptors (Lipinski definition) is 2. The number of hydrogen-bond donors (Lipinski definition) is 1. The molecule has 76 valence electrons. The molecule has 0 aromatic heterocycles. The van der Waals surface area contributed by atoms with Crippen molar-refractivity contribution in [2.45, 2.75) is 33.0 Å². The number of nitrogens with zero attached hydrogens (tertiary/aromatic N) is 1. The molecule has 0 bridgehead atoms. The highest BCUT2D eigenvalue weighted by molar-refractivity contribution is 5.81. The summed E-state index contributed by atoms with van der Waals surface area (Å²) in [7, 11) is 0. The highest BCUT2D eigenvalue weighted by Crippen LogP contribution is 2.22. The van der Waals surface area contributed by atoms with Crippen molar-refractivity contribution >= 4 is 5.91 Å². The highest BCUT2D eigenvalue weighted by atomic mass is 19.1. The first-order chi connectivity index (χ1) is 5.82. The van der Waals surface area contributed by atoms with Gasteiger partial charge in [-0.1, -0.05) is 20.8 Å². The van der Waals surface area contributed by atoms with Crippen LogP contribution in [-0.4, -0.2) is 41.3 Å². The summed E-state index contributed by atoms with van der Waals surface area (Å²) in [5, 5.41) is 9.11. The molecule has 1 rings (SSSR count). The molecule has 0 saturated carbocycles. The van der Waals surface area contributed by atoms with Crippen LogP contribution >= 0.6 is 0 Å². The Morgan fingerprint density at radius 3 is 2.31 bits per heavy atom. The monoisotopic (exact) mass is 189 g/mol. The second kappa shape index (κ2) is 3.25. The summed E-state index contributed by atoms with van der Waals surface area (Å²) in [5.41, 5.74) is -0.496. The quantitative estimate of drug-likeness (QED) is 0.605. The van der Waals surface area contributed by atoms with Crippen molar-refractivity contribution in [3.8, 4) is 0 Å². The van der Waals surface area contributed by atoms with E-state index in [4.69, 9.17) is 5.11 Å². The maximum absolute atomic E-state index is 12.9. The molecular formula is C9H16FNO2. The molecule has 0 aliphatic carbocycles. The first kappa shape index (κ1) is 10.4. The van der Waals surface area contributed by atoms with E-state index in [-0.39, 0.29) is 19.0 Å². The van der Waals surface area contributed by atoms with Gasteiger partial charge in [-0.25, -0.2) is 4.39 Å². The molecule has 0 aromatic carbocycles. The lowest BCUT2D eigenvalue weighted by Crippen LogP contribution is -2.38. The van der Waals surface area contributed by atoms with Gasteiger partial charge in [-0.3, -0.25) is 4.79 Å². The van der Waals surface area contributed by atoms with Gasteiger partial charge in [0.05, 0.1) is 6.54 Å². The van der Waals surface area contributed by atoms with E-state index in [0.29, 0.717) is 0 Å². The second-order valence-electron chi connectivity index (χ2n) is 4.54. The van der Waals surface area contributed by atoms with Crippen LogP contribution in [0.3, 0.4) is 0 Å². The van der Waals surface area contributed by atoms with Gasteiger partial charge < -0.3 is 10.0 Å². The van der Waals surface area contributed by atoms with Crippen molar-refractivity contribution in [3.05, 3.63) is 0 Å². The lowest BCUT2D eigenvalue weighted by atomic mass is 9.95. The Morgan fingerprint density at radius 2 is 2.00 bits per heavy atom. The Bertz CT molecular complexity index is 202. The smallest absolute Gasteiger partial charge is 0.228 e. The van der Waals surface area contributed by atoms with Crippen molar-refractivity contribution in [1.29, 1.82) is 0 Å². The fourth-order valence-corrected chi connectivity index (χ4v) is 1.39. The molecule has 0 spiro atoms. The number of amides is 1. The van der Waals surface area contributed by atoms with E-state index in [9.17, 15) is 9.18 Å². The molecule has 1 unspecified atom stereocenters. The van der Waals surface area contributed by atoms with Crippen LogP contribution in [0.2, 0.25) is 0 Å². The topological polar surface area (TPSA) is 40.5 Å². The summed E-state index contributed by atoms with van der Waals surface area (Å²) in [6.45, 7) is 5.50. The predicted octanol–water partition coefficient (Wildman–Crippen LogP) is 0.574.